The third kappa shape index (κ3) is 6.43. The van der Waals surface area contributed by atoms with Gasteiger partial charge in [-0.1, -0.05) is 25.1 Å². The molecule has 32 heavy (non-hydrogen) atoms. The van der Waals surface area contributed by atoms with Crippen LogP contribution in [0.25, 0.3) is 6.08 Å². The number of likely N-dealkylation sites (N-methyl/N-ethyl adjacent to an activating group) is 1. The lowest BCUT2D eigenvalue weighted by Gasteiger charge is -2.36. The van der Waals surface area contributed by atoms with Gasteiger partial charge in [0.1, 0.15) is 0 Å². The molecule has 0 unspecified atom stereocenters. The molecule has 0 radical (unpaired) electrons. The van der Waals surface area contributed by atoms with E-state index in [0.717, 1.165) is 44.1 Å². The number of hydrogen-bond acceptors (Lipinski definition) is 5. The monoisotopic (exact) mass is 445 g/mol. The maximum Gasteiger partial charge on any atom is 0.387 e. The summed E-state index contributed by atoms with van der Waals surface area (Å²) in [5.41, 5.74) is 2.38. The Labute approximate surface area is 187 Å². The van der Waals surface area contributed by atoms with Crippen LogP contribution in [0.1, 0.15) is 19.4 Å². The van der Waals surface area contributed by atoms with Crippen LogP contribution in [0.15, 0.2) is 48.5 Å². The predicted molar refractivity (Wildman–Crippen MR) is 123 cm³/mol. The van der Waals surface area contributed by atoms with Gasteiger partial charge in [0.2, 0.25) is 5.91 Å². The number of anilines is 2. The maximum absolute atomic E-state index is 12.6. The summed E-state index contributed by atoms with van der Waals surface area (Å²) in [6, 6.07) is 12.3. The standard InChI is InChI=1S/C24H29F2N3O3/c1-3-28-13-15-29(16-14-28)20-8-6-5-7-19(20)27-23(30)12-10-18-9-11-21(32-24(25)26)22(17-18)31-4-2/h5-12,17,24H,3-4,13-16H2,1-2H3,(H,27,30)/b12-10+. The lowest BCUT2D eigenvalue weighted by molar-refractivity contribution is -0.111. The van der Waals surface area contributed by atoms with Gasteiger partial charge in [-0.15, -0.1) is 0 Å². The number of carbonyl (C=O) groups excluding carboxylic acids is 1. The maximum atomic E-state index is 12.6. The molecular weight excluding hydrogens is 416 g/mol. The van der Waals surface area contributed by atoms with E-state index >= 15 is 0 Å². The Balaban J connectivity index is 1.68. The van der Waals surface area contributed by atoms with E-state index in [1.165, 1.54) is 12.1 Å². The average Bonchev–Trinajstić information content (AvgIpc) is 2.79. The van der Waals surface area contributed by atoms with Crippen molar-refractivity contribution >= 4 is 23.4 Å². The van der Waals surface area contributed by atoms with Crippen LogP contribution in [0.4, 0.5) is 20.2 Å². The molecule has 0 bridgehead atoms. The fourth-order valence-electron chi connectivity index (χ4n) is 3.60. The number of halogens is 2. The molecule has 1 amide bonds. The van der Waals surface area contributed by atoms with Gasteiger partial charge in [-0.05, 0) is 49.4 Å². The van der Waals surface area contributed by atoms with Crippen LogP contribution in [-0.2, 0) is 4.79 Å². The molecule has 0 aromatic heterocycles. The number of benzene rings is 2. The summed E-state index contributed by atoms with van der Waals surface area (Å²) in [6.07, 6.45) is 3.01. The zero-order valence-electron chi connectivity index (χ0n) is 18.4. The number of alkyl halides is 2. The second kappa shape index (κ2) is 11.5. The summed E-state index contributed by atoms with van der Waals surface area (Å²) in [6.45, 7) is 6.11. The van der Waals surface area contributed by atoms with Crippen molar-refractivity contribution in [1.29, 1.82) is 0 Å². The van der Waals surface area contributed by atoms with Crippen molar-refractivity contribution in [1.82, 2.24) is 4.90 Å². The molecule has 0 spiro atoms. The number of carbonyl (C=O) groups is 1. The summed E-state index contributed by atoms with van der Waals surface area (Å²) >= 11 is 0. The number of amides is 1. The Morgan fingerprint density at radius 1 is 1.09 bits per heavy atom. The van der Waals surface area contributed by atoms with Crippen LogP contribution in [-0.4, -0.2) is 56.7 Å². The van der Waals surface area contributed by atoms with Gasteiger partial charge in [-0.3, -0.25) is 4.79 Å². The van der Waals surface area contributed by atoms with Crippen LogP contribution in [0.2, 0.25) is 0 Å². The van der Waals surface area contributed by atoms with Crippen LogP contribution in [0.5, 0.6) is 11.5 Å². The molecule has 1 saturated heterocycles. The first-order chi connectivity index (χ1) is 15.5. The molecule has 2 aromatic carbocycles. The van der Waals surface area contributed by atoms with Gasteiger partial charge in [-0.2, -0.15) is 8.78 Å². The molecule has 0 atom stereocenters. The third-order valence-corrected chi connectivity index (χ3v) is 5.23. The van der Waals surface area contributed by atoms with E-state index in [2.05, 4.69) is 26.8 Å². The minimum absolute atomic E-state index is 0.0412. The Bertz CT molecular complexity index is 928. The molecule has 8 heteroatoms. The first-order valence-corrected chi connectivity index (χ1v) is 10.8. The minimum Gasteiger partial charge on any atom is -0.490 e. The van der Waals surface area contributed by atoms with Crippen LogP contribution < -0.4 is 19.7 Å². The van der Waals surface area contributed by atoms with Gasteiger partial charge >= 0.3 is 6.61 Å². The Morgan fingerprint density at radius 2 is 1.84 bits per heavy atom. The van der Waals surface area contributed by atoms with Crippen molar-refractivity contribution in [2.45, 2.75) is 20.5 Å². The van der Waals surface area contributed by atoms with E-state index in [0.29, 0.717) is 12.2 Å². The normalized spacial score (nSPS) is 14.7. The highest BCUT2D eigenvalue weighted by Crippen LogP contribution is 2.30. The molecule has 172 valence electrons. The Morgan fingerprint density at radius 3 is 2.53 bits per heavy atom. The SMILES string of the molecule is CCOc1cc(/C=C/C(=O)Nc2ccccc2N2CCN(CC)CC2)ccc1OC(F)F. The number of piperazine rings is 1. The van der Waals surface area contributed by atoms with Gasteiger partial charge in [0.25, 0.3) is 0 Å². The number of nitrogens with one attached hydrogen (secondary N) is 1. The van der Waals surface area contributed by atoms with Gasteiger partial charge in [0.05, 0.1) is 18.0 Å². The molecule has 1 N–H and O–H groups in total. The first kappa shape index (κ1) is 23.5. The van der Waals surface area contributed by atoms with Crippen molar-refractivity contribution < 1.29 is 23.0 Å². The van der Waals surface area contributed by atoms with E-state index in [4.69, 9.17) is 4.74 Å². The zero-order chi connectivity index (χ0) is 22.9. The second-order valence-corrected chi connectivity index (χ2v) is 7.28. The Hall–Kier alpha value is -3.13. The fraction of sp³-hybridized carbons (Fsp3) is 0.375. The van der Waals surface area contributed by atoms with Crippen molar-refractivity contribution in [2.75, 3.05) is 49.5 Å². The number of nitrogens with zero attached hydrogens (tertiary/aromatic N) is 2. The minimum atomic E-state index is -2.94. The molecular formula is C24H29F2N3O3. The lowest BCUT2D eigenvalue weighted by Crippen LogP contribution is -2.46. The average molecular weight is 446 g/mol. The first-order valence-electron chi connectivity index (χ1n) is 10.8. The number of rotatable bonds is 9. The molecule has 2 aromatic rings. The van der Waals surface area contributed by atoms with Crippen molar-refractivity contribution in [3.63, 3.8) is 0 Å². The number of ether oxygens (including phenoxy) is 2. The van der Waals surface area contributed by atoms with Gasteiger partial charge in [-0.25, -0.2) is 0 Å². The molecule has 1 fully saturated rings. The van der Waals surface area contributed by atoms with E-state index in [9.17, 15) is 13.6 Å². The lowest BCUT2D eigenvalue weighted by atomic mass is 10.1. The largest absolute Gasteiger partial charge is 0.490 e. The van der Waals surface area contributed by atoms with E-state index < -0.39 is 6.61 Å². The van der Waals surface area contributed by atoms with Gasteiger partial charge in [0, 0.05) is 32.3 Å². The molecule has 3 rings (SSSR count). The van der Waals surface area contributed by atoms with Gasteiger partial charge in [0.15, 0.2) is 11.5 Å². The predicted octanol–water partition coefficient (Wildman–Crippen LogP) is 4.48. The summed E-state index contributed by atoms with van der Waals surface area (Å²) in [7, 11) is 0. The van der Waals surface area contributed by atoms with Crippen molar-refractivity contribution in [3.8, 4) is 11.5 Å². The topological polar surface area (TPSA) is 54.0 Å². The fourth-order valence-corrected chi connectivity index (χ4v) is 3.60. The molecule has 1 aliphatic rings. The van der Waals surface area contributed by atoms with Crippen molar-refractivity contribution in [2.24, 2.45) is 0 Å². The Kier molecular flexibility index (Phi) is 8.44. The highest BCUT2D eigenvalue weighted by molar-refractivity contribution is 6.03. The summed E-state index contributed by atoms with van der Waals surface area (Å²) < 4.78 is 35.0. The van der Waals surface area contributed by atoms with Gasteiger partial charge < -0.3 is 24.6 Å². The quantitative estimate of drug-likeness (QED) is 0.577. The molecule has 6 nitrogen and oxygen atoms in total. The van der Waals surface area contributed by atoms with Crippen LogP contribution in [0, 0.1) is 0 Å². The molecule has 0 aliphatic carbocycles. The summed E-state index contributed by atoms with van der Waals surface area (Å²) in [5, 5.41) is 2.94. The zero-order valence-corrected chi connectivity index (χ0v) is 18.4. The van der Waals surface area contributed by atoms with Crippen molar-refractivity contribution in [3.05, 3.63) is 54.1 Å². The molecule has 0 saturated carbocycles. The van der Waals surface area contributed by atoms with E-state index in [1.54, 1.807) is 25.1 Å². The summed E-state index contributed by atoms with van der Waals surface area (Å²) in [5.74, 6) is -0.122. The van der Waals surface area contributed by atoms with E-state index in [1.807, 2.05) is 24.3 Å². The number of hydrogen-bond donors (Lipinski definition) is 1. The number of para-hydroxylation sites is 2. The third-order valence-electron chi connectivity index (χ3n) is 5.23. The molecule has 1 aliphatic heterocycles. The summed E-state index contributed by atoms with van der Waals surface area (Å²) in [4.78, 5) is 17.2. The van der Waals surface area contributed by atoms with Crippen LogP contribution in [0.3, 0.4) is 0 Å². The van der Waals surface area contributed by atoms with E-state index in [-0.39, 0.29) is 17.4 Å². The highest BCUT2D eigenvalue weighted by atomic mass is 19.3. The van der Waals surface area contributed by atoms with Crippen LogP contribution >= 0.6 is 0 Å². The smallest absolute Gasteiger partial charge is 0.387 e. The highest BCUT2D eigenvalue weighted by Gasteiger charge is 2.18. The molecule has 1 heterocycles. The second-order valence-electron chi connectivity index (χ2n) is 7.28.